The summed E-state index contributed by atoms with van der Waals surface area (Å²) < 4.78 is 0. The number of unbranched alkanes of at least 4 members (excludes halogenated alkanes) is 6. The number of fused-ring (bicyclic) bond motifs is 1. The number of aromatic nitrogens is 1. The molecule has 6 nitrogen and oxygen atoms in total. The zero-order valence-electron chi connectivity index (χ0n) is 15.7. The molecule has 0 saturated heterocycles. The number of benzene rings is 1. The minimum atomic E-state index is -1.02. The van der Waals surface area contributed by atoms with Gasteiger partial charge in [-0.15, -0.1) is 0 Å². The maximum Gasteiger partial charge on any atom is 0.326 e. The van der Waals surface area contributed by atoms with Crippen LogP contribution in [0.5, 0.6) is 0 Å². The van der Waals surface area contributed by atoms with Crippen molar-refractivity contribution in [2.75, 3.05) is 6.61 Å². The largest absolute Gasteiger partial charge is 0.480 e. The van der Waals surface area contributed by atoms with Crippen molar-refractivity contribution in [1.29, 1.82) is 0 Å². The highest BCUT2D eigenvalue weighted by Crippen LogP contribution is 2.19. The smallest absolute Gasteiger partial charge is 0.326 e. The van der Waals surface area contributed by atoms with Gasteiger partial charge in [-0.1, -0.05) is 50.3 Å². The zero-order chi connectivity index (χ0) is 19.5. The van der Waals surface area contributed by atoms with Gasteiger partial charge in [0.05, 0.1) is 0 Å². The summed E-state index contributed by atoms with van der Waals surface area (Å²) in [6.07, 6.45) is 9.35. The van der Waals surface area contributed by atoms with E-state index in [-0.39, 0.29) is 18.9 Å². The molecule has 1 amide bonds. The van der Waals surface area contributed by atoms with Gasteiger partial charge in [-0.2, -0.15) is 0 Å². The molecule has 0 radical (unpaired) electrons. The lowest BCUT2D eigenvalue weighted by Crippen LogP contribution is -2.42. The Morgan fingerprint density at radius 1 is 1.00 bits per heavy atom. The van der Waals surface area contributed by atoms with E-state index in [1.54, 1.807) is 0 Å². The predicted molar refractivity (Wildman–Crippen MR) is 106 cm³/mol. The summed E-state index contributed by atoms with van der Waals surface area (Å²) in [5, 5.41) is 21.8. The second kappa shape index (κ2) is 11.4. The fraction of sp³-hybridized carbons (Fsp3) is 0.524. The van der Waals surface area contributed by atoms with Crippen molar-refractivity contribution in [2.45, 2.75) is 63.8 Å². The molecule has 0 bridgehead atoms. The van der Waals surface area contributed by atoms with E-state index in [4.69, 9.17) is 5.11 Å². The van der Waals surface area contributed by atoms with Crippen LogP contribution in [-0.2, 0) is 16.0 Å². The molecule has 1 atom stereocenters. The van der Waals surface area contributed by atoms with Crippen LogP contribution in [0.3, 0.4) is 0 Å². The van der Waals surface area contributed by atoms with Crippen LogP contribution in [0, 0.1) is 0 Å². The molecule has 0 aliphatic carbocycles. The Hall–Kier alpha value is -2.34. The first-order chi connectivity index (χ1) is 13.1. The van der Waals surface area contributed by atoms with E-state index < -0.39 is 12.0 Å². The molecule has 148 valence electrons. The van der Waals surface area contributed by atoms with Crippen molar-refractivity contribution < 1.29 is 19.8 Å². The standard InChI is InChI=1S/C21H30N2O4/c24-13-9-5-3-1-2-4-6-12-20(25)23-19(21(26)27)14-16-15-22-18-11-8-7-10-17(16)18/h7-8,10-11,15,19,22,24H,1-6,9,12-14H2,(H,23,25)(H,26,27)/t19-/m0/s1. The van der Waals surface area contributed by atoms with Gasteiger partial charge < -0.3 is 20.5 Å². The van der Waals surface area contributed by atoms with Crippen molar-refractivity contribution in [3.8, 4) is 0 Å². The highest BCUT2D eigenvalue weighted by molar-refractivity contribution is 5.86. The Kier molecular flexibility index (Phi) is 8.84. The lowest BCUT2D eigenvalue weighted by Gasteiger charge is -2.14. The van der Waals surface area contributed by atoms with Crippen molar-refractivity contribution in [2.24, 2.45) is 0 Å². The van der Waals surface area contributed by atoms with E-state index in [1.807, 2.05) is 30.5 Å². The van der Waals surface area contributed by atoms with Gasteiger partial charge in [0, 0.05) is 36.5 Å². The Labute approximate surface area is 160 Å². The summed E-state index contributed by atoms with van der Waals surface area (Å²) in [7, 11) is 0. The maximum atomic E-state index is 12.1. The molecular formula is C21H30N2O4. The number of nitrogens with one attached hydrogen (secondary N) is 2. The van der Waals surface area contributed by atoms with Gasteiger partial charge in [0.25, 0.3) is 0 Å². The Morgan fingerprint density at radius 3 is 2.37 bits per heavy atom. The van der Waals surface area contributed by atoms with Crippen LogP contribution >= 0.6 is 0 Å². The summed E-state index contributed by atoms with van der Waals surface area (Å²) in [5.41, 5.74) is 1.85. The number of H-pyrrole nitrogens is 1. The van der Waals surface area contributed by atoms with E-state index in [1.165, 1.54) is 0 Å². The number of rotatable bonds is 13. The van der Waals surface area contributed by atoms with Gasteiger partial charge in [-0.25, -0.2) is 4.79 Å². The van der Waals surface area contributed by atoms with Crippen LogP contribution in [0.15, 0.2) is 30.5 Å². The average molecular weight is 374 g/mol. The fourth-order valence-electron chi connectivity index (χ4n) is 3.27. The quantitative estimate of drug-likeness (QED) is 0.404. The molecule has 0 saturated carbocycles. The predicted octanol–water partition coefficient (Wildman–Crippen LogP) is 3.39. The van der Waals surface area contributed by atoms with Gasteiger partial charge in [0.2, 0.25) is 5.91 Å². The topological polar surface area (TPSA) is 102 Å². The van der Waals surface area contributed by atoms with Gasteiger partial charge in [0.1, 0.15) is 6.04 Å². The third-order valence-electron chi connectivity index (χ3n) is 4.79. The lowest BCUT2D eigenvalue weighted by atomic mass is 10.0. The first-order valence-electron chi connectivity index (χ1n) is 9.80. The summed E-state index contributed by atoms with van der Waals surface area (Å²) in [6.45, 7) is 0.253. The summed E-state index contributed by atoms with van der Waals surface area (Å²) >= 11 is 0. The van der Waals surface area contributed by atoms with Crippen LogP contribution in [0.2, 0.25) is 0 Å². The minimum Gasteiger partial charge on any atom is -0.480 e. The highest BCUT2D eigenvalue weighted by Gasteiger charge is 2.21. The first-order valence-corrected chi connectivity index (χ1v) is 9.80. The number of carbonyl (C=O) groups is 2. The van der Waals surface area contributed by atoms with Gasteiger partial charge in [-0.05, 0) is 24.5 Å². The second-order valence-electron chi connectivity index (χ2n) is 6.97. The van der Waals surface area contributed by atoms with E-state index >= 15 is 0 Å². The van der Waals surface area contributed by atoms with Crippen LogP contribution in [-0.4, -0.2) is 39.7 Å². The number of carbonyl (C=O) groups excluding carboxylic acids is 1. The van der Waals surface area contributed by atoms with Crippen LogP contribution in [0.25, 0.3) is 10.9 Å². The molecule has 0 spiro atoms. The molecule has 0 fully saturated rings. The number of aliphatic carboxylic acids is 1. The Balaban J connectivity index is 1.74. The number of carboxylic acid groups (broad SMARTS) is 1. The van der Waals surface area contributed by atoms with Crippen molar-refractivity contribution >= 4 is 22.8 Å². The van der Waals surface area contributed by atoms with Gasteiger partial charge in [0.15, 0.2) is 0 Å². The second-order valence-corrected chi connectivity index (χ2v) is 6.97. The molecule has 1 aromatic carbocycles. The zero-order valence-corrected chi connectivity index (χ0v) is 15.7. The minimum absolute atomic E-state index is 0.206. The molecule has 0 aliphatic rings. The molecular weight excluding hydrogens is 344 g/mol. The van der Waals surface area contributed by atoms with Crippen molar-refractivity contribution in [3.05, 3.63) is 36.0 Å². The molecule has 2 rings (SSSR count). The van der Waals surface area contributed by atoms with Crippen molar-refractivity contribution in [3.63, 3.8) is 0 Å². The molecule has 0 unspecified atom stereocenters. The monoisotopic (exact) mass is 374 g/mol. The number of aromatic amines is 1. The molecule has 6 heteroatoms. The molecule has 2 aromatic rings. The van der Waals surface area contributed by atoms with Gasteiger partial charge in [-0.3, -0.25) is 4.79 Å². The number of amides is 1. The number of para-hydroxylation sites is 1. The number of hydrogen-bond acceptors (Lipinski definition) is 3. The maximum absolute atomic E-state index is 12.1. The third kappa shape index (κ3) is 7.06. The number of aliphatic hydroxyl groups excluding tert-OH is 1. The number of hydrogen-bond donors (Lipinski definition) is 4. The van der Waals surface area contributed by atoms with Crippen molar-refractivity contribution in [1.82, 2.24) is 10.3 Å². The van der Waals surface area contributed by atoms with E-state index in [2.05, 4.69) is 10.3 Å². The van der Waals surface area contributed by atoms with Crippen LogP contribution < -0.4 is 5.32 Å². The fourth-order valence-corrected chi connectivity index (χ4v) is 3.27. The van der Waals surface area contributed by atoms with E-state index in [0.29, 0.717) is 6.42 Å². The molecule has 1 heterocycles. The van der Waals surface area contributed by atoms with E-state index in [9.17, 15) is 14.7 Å². The highest BCUT2D eigenvalue weighted by atomic mass is 16.4. The summed E-state index contributed by atoms with van der Waals surface area (Å²) in [4.78, 5) is 26.8. The molecule has 27 heavy (non-hydrogen) atoms. The first kappa shape index (κ1) is 21.0. The molecule has 4 N–H and O–H groups in total. The van der Waals surface area contributed by atoms with E-state index in [0.717, 1.165) is 61.4 Å². The van der Waals surface area contributed by atoms with Gasteiger partial charge >= 0.3 is 5.97 Å². The SMILES string of the molecule is O=C(CCCCCCCCCO)N[C@@H](Cc1c[nH]c2ccccc12)C(=O)O. The molecule has 1 aromatic heterocycles. The summed E-state index contributed by atoms with van der Waals surface area (Å²) in [6, 6.07) is 6.80. The molecule has 0 aliphatic heterocycles. The van der Waals surface area contributed by atoms with Crippen LogP contribution in [0.1, 0.15) is 56.9 Å². The van der Waals surface area contributed by atoms with Crippen LogP contribution in [0.4, 0.5) is 0 Å². The third-order valence-corrected chi connectivity index (χ3v) is 4.79. The number of carboxylic acids is 1. The Morgan fingerprint density at radius 2 is 1.67 bits per heavy atom. The number of aliphatic hydroxyl groups is 1. The normalized spacial score (nSPS) is 12.2. The Bertz CT molecular complexity index is 726. The average Bonchev–Trinajstić information content (AvgIpc) is 3.06. The summed E-state index contributed by atoms with van der Waals surface area (Å²) in [5.74, 6) is -1.22. The lowest BCUT2D eigenvalue weighted by molar-refractivity contribution is -0.141.